The molecule has 5 N–H and O–H groups in total. The predicted molar refractivity (Wildman–Crippen MR) is 138 cm³/mol. The number of para-hydroxylation sites is 1. The molecule has 37 heavy (non-hydrogen) atoms. The highest BCUT2D eigenvalue weighted by Crippen LogP contribution is 2.32. The third-order valence-electron chi connectivity index (χ3n) is 5.34. The molecule has 1 aromatic heterocycles. The first-order chi connectivity index (χ1) is 17.8. The van der Waals surface area contributed by atoms with E-state index in [-0.39, 0.29) is 48.6 Å². The molecule has 1 aromatic carbocycles. The van der Waals surface area contributed by atoms with Crippen molar-refractivity contribution in [1.29, 1.82) is 0 Å². The monoisotopic (exact) mass is 511 g/mol. The molecule has 14 nitrogen and oxygen atoms in total. The number of hydrogen-bond acceptors (Lipinski definition) is 9. The second-order valence-electron chi connectivity index (χ2n) is 7.76. The molecule has 0 atom stereocenters. The zero-order valence-electron chi connectivity index (χ0n) is 20.9. The van der Waals surface area contributed by atoms with E-state index in [9.17, 15) is 14.4 Å². The molecular formula is C23H29N9O5. The van der Waals surface area contributed by atoms with Crippen LogP contribution in [0.1, 0.15) is 23.0 Å². The molecule has 14 heteroatoms. The summed E-state index contributed by atoms with van der Waals surface area (Å²) in [5.41, 5.74) is 7.29. The first-order valence-electron chi connectivity index (χ1n) is 11.3. The lowest BCUT2D eigenvalue weighted by Gasteiger charge is -2.36. The van der Waals surface area contributed by atoms with Gasteiger partial charge in [-0.25, -0.2) is 9.79 Å². The van der Waals surface area contributed by atoms with Gasteiger partial charge in [-0.3, -0.25) is 14.6 Å². The second-order valence-corrected chi connectivity index (χ2v) is 7.76. The summed E-state index contributed by atoms with van der Waals surface area (Å²) in [6.07, 6.45) is 0.852. The van der Waals surface area contributed by atoms with Gasteiger partial charge in [-0.1, -0.05) is 6.07 Å². The first-order valence-corrected chi connectivity index (χ1v) is 11.3. The summed E-state index contributed by atoms with van der Waals surface area (Å²) in [6, 6.07) is 6.65. The van der Waals surface area contributed by atoms with E-state index in [4.69, 9.17) is 15.2 Å². The lowest BCUT2D eigenvalue weighted by Crippen LogP contribution is -2.54. The number of rotatable bonds is 9. The smallest absolute Gasteiger partial charge is 0.409 e. The Bertz CT molecular complexity index is 1230. The number of carbonyl (C=O) groups excluding carboxylic acids is 3. The highest BCUT2D eigenvalue weighted by Gasteiger charge is 2.36. The van der Waals surface area contributed by atoms with E-state index < -0.39 is 17.9 Å². The van der Waals surface area contributed by atoms with Crippen LogP contribution in [0.25, 0.3) is 0 Å². The number of amides is 3. The number of likely N-dealkylation sites (tertiary alicyclic amines) is 1. The molecule has 0 unspecified atom stereocenters. The minimum absolute atomic E-state index is 0.00941. The molecule has 1 aliphatic heterocycles. The van der Waals surface area contributed by atoms with Crippen molar-refractivity contribution >= 4 is 47.3 Å². The van der Waals surface area contributed by atoms with E-state index in [0.717, 1.165) is 0 Å². The van der Waals surface area contributed by atoms with Crippen molar-refractivity contribution in [3.63, 3.8) is 0 Å². The first kappa shape index (κ1) is 26.8. The molecule has 2 heterocycles. The van der Waals surface area contributed by atoms with Gasteiger partial charge in [0, 0.05) is 33.3 Å². The van der Waals surface area contributed by atoms with Crippen LogP contribution in [0.2, 0.25) is 0 Å². The predicted octanol–water partition coefficient (Wildman–Crippen LogP) is 0.979. The SMILES string of the molecule is CCOC(=O)N1CC(C(=O)Nc2cc(Nc3cccc(C(N)=NC=NC)c3OC)c(C(=O)NC)nn2)C1. The Morgan fingerprint density at radius 3 is 2.65 bits per heavy atom. The molecule has 3 rings (SSSR count). The van der Waals surface area contributed by atoms with E-state index in [1.165, 1.54) is 31.5 Å². The fraction of sp³-hybridized carbons (Fsp3) is 0.348. The maximum atomic E-state index is 12.7. The van der Waals surface area contributed by atoms with Crippen molar-refractivity contribution in [2.24, 2.45) is 21.6 Å². The molecule has 196 valence electrons. The van der Waals surface area contributed by atoms with Gasteiger partial charge >= 0.3 is 6.09 Å². The van der Waals surface area contributed by atoms with Gasteiger partial charge in [0.15, 0.2) is 17.3 Å². The number of nitrogens with one attached hydrogen (secondary N) is 3. The lowest BCUT2D eigenvalue weighted by atomic mass is 10.00. The number of benzene rings is 1. The number of nitrogens with two attached hydrogens (primary N) is 1. The van der Waals surface area contributed by atoms with Gasteiger partial charge < -0.3 is 36.1 Å². The Morgan fingerprint density at radius 1 is 1.24 bits per heavy atom. The van der Waals surface area contributed by atoms with Gasteiger partial charge in [-0.05, 0) is 19.1 Å². The Morgan fingerprint density at radius 2 is 2.00 bits per heavy atom. The van der Waals surface area contributed by atoms with Crippen LogP contribution in [0.3, 0.4) is 0 Å². The van der Waals surface area contributed by atoms with Gasteiger partial charge in [0.2, 0.25) is 5.91 Å². The standard InChI is InChI=1S/C23H29N9O5/c1-5-37-23(35)32-10-13(11-32)21(33)29-17-9-16(18(31-30-17)22(34)26-3)28-15-8-6-7-14(19(15)36-4)20(24)27-12-25-2/h6-9,12-13H,5,10-11H2,1-4H3,(H,26,34)(H2,24,25,27)(H2,28,29,30,33). The number of nitrogens with zero attached hydrogens (tertiary/aromatic N) is 5. The average Bonchev–Trinajstić information content (AvgIpc) is 2.86. The zero-order chi connectivity index (χ0) is 26.9. The number of aliphatic imine (C=N–C) groups is 2. The Kier molecular flexibility index (Phi) is 8.91. The van der Waals surface area contributed by atoms with E-state index in [1.54, 1.807) is 32.2 Å². The molecule has 2 aromatic rings. The van der Waals surface area contributed by atoms with Crippen molar-refractivity contribution in [2.75, 3.05) is 51.5 Å². The second kappa shape index (κ2) is 12.3. The number of carbonyl (C=O) groups is 3. The van der Waals surface area contributed by atoms with Crippen LogP contribution < -0.4 is 26.4 Å². The minimum Gasteiger partial charge on any atom is -0.494 e. The van der Waals surface area contributed by atoms with E-state index in [1.807, 2.05) is 0 Å². The molecule has 1 fully saturated rings. The summed E-state index contributed by atoms with van der Waals surface area (Å²) < 4.78 is 10.5. The van der Waals surface area contributed by atoms with Crippen LogP contribution in [0.4, 0.5) is 22.0 Å². The third-order valence-corrected chi connectivity index (χ3v) is 5.34. The van der Waals surface area contributed by atoms with Crippen LogP contribution in [0.5, 0.6) is 5.75 Å². The number of anilines is 3. The van der Waals surface area contributed by atoms with Crippen molar-refractivity contribution in [2.45, 2.75) is 6.92 Å². The fourth-order valence-electron chi connectivity index (χ4n) is 3.46. The molecule has 1 aliphatic rings. The maximum Gasteiger partial charge on any atom is 0.409 e. The summed E-state index contributed by atoms with van der Waals surface area (Å²) in [7, 11) is 4.50. The van der Waals surface area contributed by atoms with E-state index in [0.29, 0.717) is 17.0 Å². The van der Waals surface area contributed by atoms with Gasteiger partial charge in [-0.2, -0.15) is 0 Å². The van der Waals surface area contributed by atoms with Crippen molar-refractivity contribution < 1.29 is 23.9 Å². The number of amidine groups is 1. The summed E-state index contributed by atoms with van der Waals surface area (Å²) in [5.74, 6) is -0.596. The average molecular weight is 512 g/mol. The normalized spacial score (nSPS) is 13.6. The molecule has 3 amide bonds. The zero-order valence-corrected chi connectivity index (χ0v) is 20.9. The molecule has 0 radical (unpaired) electrons. The number of aromatic nitrogens is 2. The number of methoxy groups -OCH3 is 1. The Labute approximate surface area is 213 Å². The van der Waals surface area contributed by atoms with Crippen LogP contribution >= 0.6 is 0 Å². The van der Waals surface area contributed by atoms with Crippen LogP contribution in [-0.4, -0.2) is 86.1 Å². The molecule has 1 saturated heterocycles. The highest BCUT2D eigenvalue weighted by molar-refractivity contribution is 6.05. The van der Waals surface area contributed by atoms with Crippen molar-refractivity contribution in [3.05, 3.63) is 35.5 Å². The summed E-state index contributed by atoms with van der Waals surface area (Å²) in [5, 5.41) is 16.3. The largest absolute Gasteiger partial charge is 0.494 e. The summed E-state index contributed by atoms with van der Waals surface area (Å²) >= 11 is 0. The van der Waals surface area contributed by atoms with E-state index in [2.05, 4.69) is 36.1 Å². The Balaban J connectivity index is 1.86. The van der Waals surface area contributed by atoms with Gasteiger partial charge in [0.1, 0.15) is 12.2 Å². The quantitative estimate of drug-likeness (QED) is 0.281. The fourth-order valence-corrected chi connectivity index (χ4v) is 3.46. The van der Waals surface area contributed by atoms with Crippen molar-refractivity contribution in [3.8, 4) is 5.75 Å². The lowest BCUT2D eigenvalue weighted by molar-refractivity contribution is -0.124. The highest BCUT2D eigenvalue weighted by atomic mass is 16.6. The van der Waals surface area contributed by atoms with Gasteiger partial charge in [-0.15, -0.1) is 10.2 Å². The Hall–Kier alpha value is -4.75. The van der Waals surface area contributed by atoms with Crippen LogP contribution in [0.15, 0.2) is 34.3 Å². The molecule has 0 aliphatic carbocycles. The molecule has 0 bridgehead atoms. The maximum absolute atomic E-state index is 12.7. The summed E-state index contributed by atoms with van der Waals surface area (Å²) in [4.78, 5) is 46.1. The van der Waals surface area contributed by atoms with E-state index >= 15 is 0 Å². The molecule has 0 saturated carbocycles. The molecule has 0 spiro atoms. The van der Waals surface area contributed by atoms with Gasteiger partial charge in [0.25, 0.3) is 5.91 Å². The topological polar surface area (TPSA) is 186 Å². The molecular weight excluding hydrogens is 482 g/mol. The van der Waals surface area contributed by atoms with Crippen LogP contribution in [-0.2, 0) is 9.53 Å². The van der Waals surface area contributed by atoms with Crippen LogP contribution in [0, 0.1) is 5.92 Å². The minimum atomic E-state index is -0.493. The number of hydrogen-bond donors (Lipinski definition) is 4. The third kappa shape index (κ3) is 6.28. The summed E-state index contributed by atoms with van der Waals surface area (Å²) in [6.45, 7) is 2.43. The number of ether oxygens (including phenoxy) is 2. The van der Waals surface area contributed by atoms with Gasteiger partial charge in [0.05, 0.1) is 36.6 Å². The van der Waals surface area contributed by atoms with Crippen molar-refractivity contribution in [1.82, 2.24) is 20.4 Å².